The highest BCUT2D eigenvalue weighted by atomic mass is 79.9. The number of pyridine rings is 1. The van der Waals surface area contributed by atoms with E-state index >= 15 is 0 Å². The summed E-state index contributed by atoms with van der Waals surface area (Å²) < 4.78 is 21.2. The third kappa shape index (κ3) is 4.03. The van der Waals surface area contributed by atoms with Crippen LogP contribution in [0.2, 0.25) is 0 Å². The van der Waals surface area contributed by atoms with E-state index in [1.807, 2.05) is 36.4 Å². The van der Waals surface area contributed by atoms with Gasteiger partial charge in [-0.3, -0.25) is 0 Å². The van der Waals surface area contributed by atoms with Crippen molar-refractivity contribution in [3.8, 4) is 5.69 Å². The molecule has 32 heavy (non-hydrogen) atoms. The number of ether oxygens (including phenoxy) is 3. The first-order chi connectivity index (χ1) is 15.4. The Balaban J connectivity index is 1.44. The summed E-state index contributed by atoms with van der Waals surface area (Å²) in [5.41, 5.74) is 7.99. The molecule has 0 spiro atoms. The maximum absolute atomic E-state index is 11.1. The number of aliphatic hydroxyl groups is 1. The number of hydrogen-bond donors (Lipinski definition) is 2. The minimum Gasteiger partial charge on any atom is -0.388 e. The SMILES string of the molecule is Cc1nc([C@@H]2OC3COC(c4ccccc4)O[C@@H]3[C@H](N)C2O)n(-c2cc(Br)cnc2Br)n1. The Morgan fingerprint density at radius 2 is 1.97 bits per heavy atom. The first-order valence-corrected chi connectivity index (χ1v) is 11.7. The average molecular weight is 567 g/mol. The summed E-state index contributed by atoms with van der Waals surface area (Å²) in [6.07, 6.45) is -1.77. The molecule has 2 fully saturated rings. The van der Waals surface area contributed by atoms with Crippen molar-refractivity contribution < 1.29 is 19.3 Å². The van der Waals surface area contributed by atoms with Gasteiger partial charge in [-0.1, -0.05) is 30.3 Å². The molecule has 4 heterocycles. The lowest BCUT2D eigenvalue weighted by molar-refractivity contribution is -0.309. The number of halogens is 2. The van der Waals surface area contributed by atoms with E-state index in [-0.39, 0.29) is 6.61 Å². The van der Waals surface area contributed by atoms with Crippen molar-refractivity contribution in [2.45, 2.75) is 43.7 Å². The second-order valence-electron chi connectivity index (χ2n) is 7.73. The fourth-order valence-electron chi connectivity index (χ4n) is 4.02. The summed E-state index contributed by atoms with van der Waals surface area (Å²) in [7, 11) is 0. The molecule has 0 amide bonds. The summed E-state index contributed by atoms with van der Waals surface area (Å²) in [5.74, 6) is 0.952. The molecule has 2 aliphatic rings. The molecular formula is C21H21Br2N5O4. The van der Waals surface area contributed by atoms with Crippen molar-refractivity contribution in [3.05, 3.63) is 68.9 Å². The number of hydrogen-bond acceptors (Lipinski definition) is 8. The van der Waals surface area contributed by atoms with Crippen LogP contribution < -0.4 is 5.73 Å². The Hall–Kier alpha value is -1.73. The van der Waals surface area contributed by atoms with Gasteiger partial charge in [-0.05, 0) is 44.8 Å². The largest absolute Gasteiger partial charge is 0.388 e. The van der Waals surface area contributed by atoms with E-state index in [0.29, 0.717) is 21.9 Å². The van der Waals surface area contributed by atoms with Gasteiger partial charge in [0.05, 0.1) is 12.6 Å². The van der Waals surface area contributed by atoms with Gasteiger partial charge in [0.2, 0.25) is 0 Å². The molecule has 11 heteroatoms. The molecule has 3 aromatic rings. The molecule has 168 valence electrons. The number of aromatic nitrogens is 4. The lowest BCUT2D eigenvalue weighted by Gasteiger charge is -2.46. The number of rotatable bonds is 3. The first kappa shape index (κ1) is 22.1. The number of fused-ring (bicyclic) bond motifs is 1. The first-order valence-electron chi connectivity index (χ1n) is 10.1. The second kappa shape index (κ2) is 8.90. The summed E-state index contributed by atoms with van der Waals surface area (Å²) in [6, 6.07) is 10.8. The standard InChI is InChI=1S/C21H21Br2N5O4/c1-10-26-20(28(27-10)13-7-12(22)8-25-19(13)23)18-16(29)15(24)17-14(31-18)9-30-21(32-17)11-5-3-2-4-6-11/h2-8,14-18,21,29H,9,24H2,1H3/t14?,15-,16?,17+,18-,21?/m1/s1. The summed E-state index contributed by atoms with van der Waals surface area (Å²) in [6.45, 7) is 2.05. The smallest absolute Gasteiger partial charge is 0.184 e. The van der Waals surface area contributed by atoms with Gasteiger partial charge in [0, 0.05) is 16.2 Å². The Bertz CT molecular complexity index is 1110. The maximum atomic E-state index is 11.1. The van der Waals surface area contributed by atoms with Crippen molar-refractivity contribution in [2.75, 3.05) is 6.61 Å². The predicted molar refractivity (Wildman–Crippen MR) is 121 cm³/mol. The van der Waals surface area contributed by atoms with Crippen LogP contribution in [0.15, 0.2) is 51.7 Å². The zero-order valence-electron chi connectivity index (χ0n) is 17.0. The summed E-state index contributed by atoms with van der Waals surface area (Å²) in [5, 5.41) is 15.6. The van der Waals surface area contributed by atoms with E-state index in [1.165, 1.54) is 0 Å². The van der Waals surface area contributed by atoms with Gasteiger partial charge in [-0.15, -0.1) is 0 Å². The highest BCUT2D eigenvalue weighted by molar-refractivity contribution is 9.11. The quantitative estimate of drug-likeness (QED) is 0.465. The Kier molecular flexibility index (Phi) is 6.14. The number of aryl methyl sites for hydroxylation is 1. The summed E-state index contributed by atoms with van der Waals surface area (Å²) >= 11 is 6.89. The van der Waals surface area contributed by atoms with E-state index in [1.54, 1.807) is 17.8 Å². The molecule has 6 atom stereocenters. The number of aliphatic hydroxyl groups excluding tert-OH is 1. The van der Waals surface area contributed by atoms with E-state index in [2.05, 4.69) is 46.9 Å². The van der Waals surface area contributed by atoms with Gasteiger partial charge in [-0.25, -0.2) is 14.6 Å². The van der Waals surface area contributed by atoms with Crippen molar-refractivity contribution in [1.29, 1.82) is 0 Å². The van der Waals surface area contributed by atoms with Crippen LogP contribution in [0.5, 0.6) is 0 Å². The van der Waals surface area contributed by atoms with E-state index in [0.717, 1.165) is 10.0 Å². The van der Waals surface area contributed by atoms with E-state index < -0.39 is 36.7 Å². The molecule has 0 aliphatic carbocycles. The number of nitrogens with two attached hydrogens (primary N) is 1. The molecule has 3 N–H and O–H groups in total. The van der Waals surface area contributed by atoms with Crippen LogP contribution >= 0.6 is 31.9 Å². The van der Waals surface area contributed by atoms with Crippen molar-refractivity contribution in [3.63, 3.8) is 0 Å². The molecule has 0 radical (unpaired) electrons. The van der Waals surface area contributed by atoms with Crippen LogP contribution in [-0.4, -0.2) is 55.8 Å². The zero-order chi connectivity index (χ0) is 22.4. The molecule has 9 nitrogen and oxygen atoms in total. The normalized spacial score (nSPS) is 30.2. The molecule has 5 rings (SSSR count). The minimum atomic E-state index is -1.06. The Labute approximate surface area is 201 Å². The highest BCUT2D eigenvalue weighted by Crippen LogP contribution is 2.38. The third-order valence-corrected chi connectivity index (χ3v) is 6.59. The lowest BCUT2D eigenvalue weighted by atomic mass is 9.92. The van der Waals surface area contributed by atoms with Crippen molar-refractivity contribution in [1.82, 2.24) is 19.7 Å². The molecule has 0 bridgehead atoms. The van der Waals surface area contributed by atoms with Crippen LogP contribution in [0.25, 0.3) is 5.69 Å². The van der Waals surface area contributed by atoms with Crippen LogP contribution in [-0.2, 0) is 14.2 Å². The molecule has 1 aromatic carbocycles. The van der Waals surface area contributed by atoms with Gasteiger partial charge in [-0.2, -0.15) is 5.10 Å². The third-order valence-electron chi connectivity index (χ3n) is 5.54. The van der Waals surface area contributed by atoms with Crippen molar-refractivity contribution in [2.24, 2.45) is 5.73 Å². The lowest BCUT2D eigenvalue weighted by Crippen LogP contribution is -2.62. The fraction of sp³-hybridized carbons (Fsp3) is 0.381. The zero-order valence-corrected chi connectivity index (χ0v) is 20.2. The van der Waals surface area contributed by atoms with Crippen LogP contribution in [0.3, 0.4) is 0 Å². The average Bonchev–Trinajstić information content (AvgIpc) is 3.19. The minimum absolute atomic E-state index is 0.274. The fourth-order valence-corrected chi connectivity index (χ4v) is 4.72. The number of nitrogens with zero attached hydrogens (tertiary/aromatic N) is 4. The van der Waals surface area contributed by atoms with Crippen molar-refractivity contribution >= 4 is 31.9 Å². The predicted octanol–water partition coefficient (Wildman–Crippen LogP) is 2.74. The molecule has 3 unspecified atom stereocenters. The van der Waals surface area contributed by atoms with Gasteiger partial charge < -0.3 is 25.1 Å². The van der Waals surface area contributed by atoms with Gasteiger partial charge in [0.1, 0.15) is 40.5 Å². The molecule has 2 saturated heterocycles. The van der Waals surface area contributed by atoms with Crippen LogP contribution in [0.1, 0.15) is 29.6 Å². The molecular weight excluding hydrogens is 546 g/mol. The van der Waals surface area contributed by atoms with Crippen LogP contribution in [0, 0.1) is 6.92 Å². The maximum Gasteiger partial charge on any atom is 0.184 e. The molecule has 0 saturated carbocycles. The van der Waals surface area contributed by atoms with E-state index in [4.69, 9.17) is 19.9 Å². The van der Waals surface area contributed by atoms with Gasteiger partial charge >= 0.3 is 0 Å². The Morgan fingerprint density at radius 3 is 2.75 bits per heavy atom. The molecule has 2 aliphatic heterocycles. The second-order valence-corrected chi connectivity index (χ2v) is 9.40. The summed E-state index contributed by atoms with van der Waals surface area (Å²) in [4.78, 5) is 8.83. The Morgan fingerprint density at radius 1 is 1.19 bits per heavy atom. The monoisotopic (exact) mass is 565 g/mol. The number of benzene rings is 1. The molecule has 2 aromatic heterocycles. The topological polar surface area (TPSA) is 118 Å². The van der Waals surface area contributed by atoms with E-state index in [9.17, 15) is 5.11 Å². The van der Waals surface area contributed by atoms with Gasteiger partial charge in [0.15, 0.2) is 12.1 Å². The van der Waals surface area contributed by atoms with Crippen LogP contribution in [0.4, 0.5) is 0 Å². The highest BCUT2D eigenvalue weighted by Gasteiger charge is 2.49. The van der Waals surface area contributed by atoms with Gasteiger partial charge in [0.25, 0.3) is 0 Å².